The van der Waals surface area contributed by atoms with Crippen molar-refractivity contribution >= 4 is 23.2 Å². The molecule has 4 saturated carbocycles. The normalized spacial score (nSPS) is 30.3. The van der Waals surface area contributed by atoms with Gasteiger partial charge in [0.1, 0.15) is 11.3 Å². The molecule has 174 valence electrons. The summed E-state index contributed by atoms with van der Waals surface area (Å²) in [5.74, 6) is 2.77. The summed E-state index contributed by atoms with van der Waals surface area (Å²) in [6.07, 6.45) is 17.5. The van der Waals surface area contributed by atoms with E-state index < -0.39 is 0 Å². The minimum absolute atomic E-state index is 0.0935. The average Bonchev–Trinajstić information content (AvgIpc) is 3.15. The van der Waals surface area contributed by atoms with Gasteiger partial charge in [0.05, 0.1) is 10.7 Å². The zero-order chi connectivity index (χ0) is 22.6. The van der Waals surface area contributed by atoms with E-state index in [1.807, 2.05) is 13.0 Å². The van der Waals surface area contributed by atoms with Crippen molar-refractivity contribution in [3.05, 3.63) is 58.2 Å². The molecule has 5 aliphatic rings. The quantitative estimate of drug-likeness (QED) is 0.598. The second-order valence-electron chi connectivity index (χ2n) is 10.9. The van der Waals surface area contributed by atoms with Gasteiger partial charge in [-0.25, -0.2) is 4.98 Å². The monoisotopic (exact) mass is 464 g/mol. The van der Waals surface area contributed by atoms with E-state index in [9.17, 15) is 4.79 Å². The molecule has 4 bridgehead atoms. The summed E-state index contributed by atoms with van der Waals surface area (Å²) in [4.78, 5) is 17.7. The molecule has 33 heavy (non-hydrogen) atoms. The first kappa shape index (κ1) is 21.3. The maximum absolute atomic E-state index is 13.1. The predicted octanol–water partition coefficient (Wildman–Crippen LogP) is 5.44. The van der Waals surface area contributed by atoms with Crippen LogP contribution in [0, 0.1) is 17.8 Å². The van der Waals surface area contributed by atoms with E-state index in [2.05, 4.69) is 27.8 Å². The molecular weight excluding hydrogens is 432 g/mol. The molecule has 4 fully saturated rings. The molecule has 6 heteroatoms. The molecule has 0 saturated heterocycles. The first-order valence-corrected chi connectivity index (χ1v) is 13.0. The van der Waals surface area contributed by atoms with E-state index in [0.717, 1.165) is 41.9 Å². The highest BCUT2D eigenvalue weighted by Crippen LogP contribution is 2.56. The fraction of sp³-hybridized carbons (Fsp3) is 0.556. The van der Waals surface area contributed by atoms with Gasteiger partial charge in [0.2, 0.25) is 0 Å². The number of amides is 1. The second kappa shape index (κ2) is 8.19. The van der Waals surface area contributed by atoms with Gasteiger partial charge in [0.15, 0.2) is 0 Å². The Morgan fingerprint density at radius 1 is 1.12 bits per heavy atom. The maximum atomic E-state index is 13.1. The number of halogens is 1. The summed E-state index contributed by atoms with van der Waals surface area (Å²) in [7, 11) is 0. The topological polar surface area (TPSA) is 58.4 Å². The number of aromatic nitrogens is 2. The first-order chi connectivity index (χ1) is 16.0. The number of hydrogen-bond acceptors (Lipinski definition) is 3. The third-order valence-electron chi connectivity index (χ3n) is 8.38. The molecule has 0 radical (unpaired) electrons. The van der Waals surface area contributed by atoms with Gasteiger partial charge < -0.3 is 10.6 Å². The van der Waals surface area contributed by atoms with Gasteiger partial charge in [0.25, 0.3) is 5.91 Å². The zero-order valence-corrected chi connectivity index (χ0v) is 20.1. The van der Waals surface area contributed by atoms with Crippen LogP contribution in [0.15, 0.2) is 41.8 Å². The standard InChI is InChI=1S/C27H33ClN4O/c1-2-23-25(32-16-21(28)5-8-24(32)30-23)26(33)29-15-17-3-6-22(7-4-17)31-27-12-18-9-19(13-27)11-20(10-18)14-27/h3,5-6,8,16,18-20,31H,2,4,7,9-15H2,1H3,(H,29,33). The summed E-state index contributed by atoms with van der Waals surface area (Å²) >= 11 is 6.17. The van der Waals surface area contributed by atoms with Crippen molar-refractivity contribution in [3.63, 3.8) is 0 Å². The van der Waals surface area contributed by atoms with Gasteiger partial charge in [-0.05, 0) is 93.7 Å². The molecule has 2 N–H and O–H groups in total. The number of carbonyl (C=O) groups is 1. The first-order valence-electron chi connectivity index (χ1n) is 12.6. The summed E-state index contributed by atoms with van der Waals surface area (Å²) in [5.41, 5.74) is 5.16. The number of nitrogens with zero attached hydrogens (tertiary/aromatic N) is 2. The van der Waals surface area contributed by atoms with Crippen molar-refractivity contribution in [1.29, 1.82) is 0 Å². The molecule has 0 spiro atoms. The number of rotatable bonds is 6. The molecule has 0 aromatic carbocycles. The SMILES string of the molecule is CCc1nc2ccc(Cl)cn2c1C(=O)NCC1=CC=C(NC23CC4CC(CC(C4)C2)C3)CC1. The fourth-order valence-corrected chi connectivity index (χ4v) is 7.53. The Labute approximate surface area is 200 Å². The number of imidazole rings is 1. The van der Waals surface area contributed by atoms with Gasteiger partial charge in [-0.3, -0.25) is 9.20 Å². The summed E-state index contributed by atoms with van der Waals surface area (Å²) in [5, 5.41) is 7.73. The molecule has 2 heterocycles. The van der Waals surface area contributed by atoms with Crippen LogP contribution in [0.1, 0.15) is 74.5 Å². The van der Waals surface area contributed by atoms with Crippen LogP contribution in [-0.2, 0) is 6.42 Å². The lowest BCUT2D eigenvalue weighted by atomic mass is 9.53. The average molecular weight is 465 g/mol. The minimum atomic E-state index is -0.0935. The van der Waals surface area contributed by atoms with Crippen LogP contribution >= 0.6 is 11.6 Å². The van der Waals surface area contributed by atoms with Crippen molar-refractivity contribution in [1.82, 2.24) is 20.0 Å². The fourth-order valence-electron chi connectivity index (χ4n) is 7.37. The lowest BCUT2D eigenvalue weighted by molar-refractivity contribution is -0.0151. The Bertz CT molecular complexity index is 1130. The van der Waals surface area contributed by atoms with Crippen LogP contribution in [0.25, 0.3) is 5.65 Å². The molecule has 2 aromatic heterocycles. The number of fused-ring (bicyclic) bond motifs is 1. The Balaban J connectivity index is 1.12. The van der Waals surface area contributed by atoms with E-state index >= 15 is 0 Å². The minimum Gasteiger partial charge on any atom is -0.383 e. The molecule has 5 aliphatic carbocycles. The summed E-state index contributed by atoms with van der Waals surface area (Å²) in [6.45, 7) is 2.59. The number of aryl methyl sites for hydroxylation is 1. The number of carbonyl (C=O) groups excluding carboxylic acids is 1. The van der Waals surface area contributed by atoms with Crippen LogP contribution < -0.4 is 10.6 Å². The molecule has 5 nitrogen and oxygen atoms in total. The molecule has 0 atom stereocenters. The molecular formula is C27H33ClN4O. The van der Waals surface area contributed by atoms with E-state index in [0.29, 0.717) is 29.2 Å². The zero-order valence-electron chi connectivity index (χ0n) is 19.4. The van der Waals surface area contributed by atoms with Crippen molar-refractivity contribution < 1.29 is 4.79 Å². The molecule has 1 amide bonds. The van der Waals surface area contributed by atoms with Gasteiger partial charge in [-0.1, -0.05) is 30.2 Å². The Kier molecular flexibility index (Phi) is 5.28. The van der Waals surface area contributed by atoms with Crippen molar-refractivity contribution in [3.8, 4) is 0 Å². The van der Waals surface area contributed by atoms with E-state index in [-0.39, 0.29) is 5.91 Å². The molecule has 7 rings (SSSR count). The van der Waals surface area contributed by atoms with Crippen LogP contribution in [0.3, 0.4) is 0 Å². The summed E-state index contributed by atoms with van der Waals surface area (Å²) in [6, 6.07) is 3.66. The van der Waals surface area contributed by atoms with Crippen LogP contribution in [0.2, 0.25) is 5.02 Å². The van der Waals surface area contributed by atoms with Crippen LogP contribution in [0.4, 0.5) is 0 Å². The van der Waals surface area contributed by atoms with Crippen LogP contribution in [-0.4, -0.2) is 27.4 Å². The lowest BCUT2D eigenvalue weighted by Crippen LogP contribution is -2.58. The second-order valence-corrected chi connectivity index (χ2v) is 11.3. The Morgan fingerprint density at radius 2 is 1.85 bits per heavy atom. The molecule has 0 aliphatic heterocycles. The molecule has 0 unspecified atom stereocenters. The third-order valence-corrected chi connectivity index (χ3v) is 8.60. The third kappa shape index (κ3) is 3.99. The Morgan fingerprint density at radius 3 is 2.48 bits per heavy atom. The number of nitrogens with one attached hydrogen (secondary N) is 2. The largest absolute Gasteiger partial charge is 0.383 e. The van der Waals surface area contributed by atoms with Crippen molar-refractivity contribution in [2.75, 3.05) is 6.54 Å². The summed E-state index contributed by atoms with van der Waals surface area (Å²) < 4.78 is 1.80. The van der Waals surface area contributed by atoms with E-state index in [4.69, 9.17) is 11.6 Å². The van der Waals surface area contributed by atoms with Gasteiger partial charge in [-0.15, -0.1) is 0 Å². The smallest absolute Gasteiger partial charge is 0.270 e. The van der Waals surface area contributed by atoms with Crippen LogP contribution in [0.5, 0.6) is 0 Å². The number of pyridine rings is 1. The Hall–Kier alpha value is -2.27. The van der Waals surface area contributed by atoms with Gasteiger partial charge in [-0.2, -0.15) is 0 Å². The highest BCUT2D eigenvalue weighted by atomic mass is 35.5. The van der Waals surface area contributed by atoms with E-state index in [1.54, 1.807) is 16.7 Å². The van der Waals surface area contributed by atoms with E-state index in [1.165, 1.54) is 49.8 Å². The highest BCUT2D eigenvalue weighted by Gasteiger charge is 2.51. The maximum Gasteiger partial charge on any atom is 0.270 e. The van der Waals surface area contributed by atoms with Gasteiger partial charge in [0, 0.05) is 24.0 Å². The predicted molar refractivity (Wildman–Crippen MR) is 131 cm³/mol. The van der Waals surface area contributed by atoms with Crippen molar-refractivity contribution in [2.24, 2.45) is 17.8 Å². The lowest BCUT2D eigenvalue weighted by Gasteiger charge is -2.57. The highest BCUT2D eigenvalue weighted by molar-refractivity contribution is 6.30. The van der Waals surface area contributed by atoms with Gasteiger partial charge >= 0.3 is 0 Å². The molecule has 2 aromatic rings. The number of hydrogen-bond donors (Lipinski definition) is 2. The van der Waals surface area contributed by atoms with Crippen molar-refractivity contribution in [2.45, 2.75) is 70.3 Å². The number of allylic oxidation sites excluding steroid dienone is 3.